The SMILES string of the molecule is O=C(OS(=O)(=O)C(F)(F)F)c1ccc2cc(C(=O)OS(=O)(=O)C(F)(F)F)ccc2c1. The third-order valence-corrected chi connectivity index (χ3v) is 5.12. The van der Waals surface area contributed by atoms with Gasteiger partial charge in [-0.05, 0) is 35.0 Å². The Morgan fingerprint density at radius 3 is 1.20 bits per heavy atom. The van der Waals surface area contributed by atoms with Gasteiger partial charge in [0.25, 0.3) is 0 Å². The van der Waals surface area contributed by atoms with E-state index >= 15 is 0 Å². The quantitative estimate of drug-likeness (QED) is 0.372. The number of hydrogen-bond donors (Lipinski definition) is 0. The first-order valence-electron chi connectivity index (χ1n) is 7.08. The van der Waals surface area contributed by atoms with E-state index < -0.39 is 54.3 Å². The minimum absolute atomic E-state index is 0.0177. The Labute approximate surface area is 163 Å². The van der Waals surface area contributed by atoms with Crippen LogP contribution in [0.3, 0.4) is 0 Å². The molecule has 8 nitrogen and oxygen atoms in total. The third kappa shape index (κ3) is 4.81. The standard InChI is InChI=1S/C14H6F6O8S2/c15-13(16,17)29(23,24)27-11(21)9-3-1-7-5-10(4-2-8(7)6-9)12(22)28-30(25,26)14(18,19)20/h1-6H. The lowest BCUT2D eigenvalue weighted by atomic mass is 10.0. The first-order valence-corrected chi connectivity index (χ1v) is 9.90. The van der Waals surface area contributed by atoms with Crippen molar-refractivity contribution in [2.24, 2.45) is 0 Å². The summed E-state index contributed by atoms with van der Waals surface area (Å²) in [5.41, 5.74) is -13.0. The summed E-state index contributed by atoms with van der Waals surface area (Å²) in [4.78, 5) is 23.3. The highest BCUT2D eigenvalue weighted by Crippen LogP contribution is 2.28. The monoisotopic (exact) mass is 480 g/mol. The summed E-state index contributed by atoms with van der Waals surface area (Å²) < 4.78 is 124. The molecule has 0 saturated carbocycles. The van der Waals surface area contributed by atoms with Gasteiger partial charge in [-0.1, -0.05) is 12.1 Å². The maximum Gasteiger partial charge on any atom is 0.534 e. The van der Waals surface area contributed by atoms with Crippen LogP contribution in [0.2, 0.25) is 0 Å². The Morgan fingerprint density at radius 1 is 0.633 bits per heavy atom. The predicted octanol–water partition coefficient (Wildman–Crippen LogP) is 2.85. The largest absolute Gasteiger partial charge is 0.534 e. The van der Waals surface area contributed by atoms with Gasteiger partial charge < -0.3 is 8.37 Å². The molecular weight excluding hydrogens is 474 g/mol. The molecule has 0 aliphatic heterocycles. The molecule has 0 spiro atoms. The van der Waals surface area contributed by atoms with Gasteiger partial charge in [0.2, 0.25) is 0 Å². The van der Waals surface area contributed by atoms with Crippen molar-refractivity contribution in [1.82, 2.24) is 0 Å². The molecule has 0 N–H and O–H groups in total. The maximum absolute atomic E-state index is 12.3. The van der Waals surface area contributed by atoms with E-state index in [0.29, 0.717) is 0 Å². The number of fused-ring (bicyclic) bond motifs is 1. The molecule has 0 fully saturated rings. The summed E-state index contributed by atoms with van der Waals surface area (Å²) in [5, 5.41) is 0.0353. The molecule has 0 aliphatic carbocycles. The molecule has 0 aliphatic rings. The van der Waals surface area contributed by atoms with E-state index in [0.717, 1.165) is 36.4 Å². The average Bonchev–Trinajstić information content (AvgIpc) is 2.58. The molecule has 0 amide bonds. The van der Waals surface area contributed by atoms with E-state index in [9.17, 15) is 52.8 Å². The average molecular weight is 480 g/mol. The number of halogens is 6. The number of hydrogen-bond acceptors (Lipinski definition) is 8. The molecule has 0 heterocycles. The van der Waals surface area contributed by atoms with Crippen LogP contribution in [0.1, 0.15) is 20.7 Å². The Hall–Kier alpha value is -2.88. The number of carbonyl (C=O) groups is 2. The zero-order valence-corrected chi connectivity index (χ0v) is 15.4. The van der Waals surface area contributed by atoms with Crippen molar-refractivity contribution < 1.29 is 61.1 Å². The zero-order valence-electron chi connectivity index (χ0n) is 13.8. The summed E-state index contributed by atoms with van der Waals surface area (Å²) in [6.45, 7) is 0. The van der Waals surface area contributed by atoms with Gasteiger partial charge in [0, 0.05) is 0 Å². The lowest BCUT2D eigenvalue weighted by Gasteiger charge is -2.10. The second kappa shape index (κ2) is 7.42. The van der Waals surface area contributed by atoms with Crippen LogP contribution in [0.4, 0.5) is 26.3 Å². The minimum atomic E-state index is -6.21. The predicted molar refractivity (Wildman–Crippen MR) is 84.7 cm³/mol. The van der Waals surface area contributed by atoms with Gasteiger partial charge in [-0.15, -0.1) is 0 Å². The Morgan fingerprint density at radius 2 is 0.933 bits per heavy atom. The maximum atomic E-state index is 12.3. The summed E-state index contributed by atoms with van der Waals surface area (Å²) in [6.07, 6.45) is 0. The smallest absolute Gasteiger partial charge is 0.335 e. The van der Waals surface area contributed by atoms with Crippen molar-refractivity contribution in [2.45, 2.75) is 11.0 Å². The topological polar surface area (TPSA) is 121 Å². The minimum Gasteiger partial charge on any atom is -0.335 e. The van der Waals surface area contributed by atoms with Crippen LogP contribution in [0.25, 0.3) is 10.8 Å². The summed E-state index contributed by atoms with van der Waals surface area (Å²) in [7, 11) is -12.4. The van der Waals surface area contributed by atoms with E-state index in [1.165, 1.54) is 0 Å². The van der Waals surface area contributed by atoms with Crippen molar-refractivity contribution in [1.29, 1.82) is 0 Å². The fourth-order valence-electron chi connectivity index (χ4n) is 1.89. The van der Waals surface area contributed by atoms with Gasteiger partial charge in [-0.3, -0.25) is 0 Å². The second-order valence-electron chi connectivity index (χ2n) is 5.32. The number of alkyl halides is 6. The first kappa shape index (κ1) is 23.4. The normalized spacial score (nSPS) is 13.1. The van der Waals surface area contributed by atoms with Crippen molar-refractivity contribution in [3.8, 4) is 0 Å². The Balaban J connectivity index is 2.31. The lowest BCUT2D eigenvalue weighted by molar-refractivity contribution is -0.0528. The van der Waals surface area contributed by atoms with Crippen LogP contribution in [-0.2, 0) is 28.6 Å². The number of rotatable bonds is 4. The van der Waals surface area contributed by atoms with Gasteiger partial charge in [0.1, 0.15) is 0 Å². The molecular formula is C14H6F6O8S2. The number of carbonyl (C=O) groups excluding carboxylic acids is 2. The van der Waals surface area contributed by atoms with Crippen LogP contribution < -0.4 is 0 Å². The van der Waals surface area contributed by atoms with Crippen LogP contribution >= 0.6 is 0 Å². The van der Waals surface area contributed by atoms with Crippen LogP contribution in [-0.4, -0.2) is 39.8 Å². The highest BCUT2D eigenvalue weighted by Gasteiger charge is 2.50. The van der Waals surface area contributed by atoms with E-state index in [-0.39, 0.29) is 10.8 Å². The molecule has 30 heavy (non-hydrogen) atoms. The second-order valence-corrected chi connectivity index (χ2v) is 8.39. The van der Waals surface area contributed by atoms with E-state index in [1.54, 1.807) is 0 Å². The van der Waals surface area contributed by atoms with Gasteiger partial charge in [0.05, 0.1) is 11.1 Å². The van der Waals surface area contributed by atoms with Crippen LogP contribution in [0.15, 0.2) is 36.4 Å². The Kier molecular flexibility index (Phi) is 5.79. The van der Waals surface area contributed by atoms with Crippen LogP contribution in [0.5, 0.6) is 0 Å². The molecule has 2 aromatic rings. The highest BCUT2D eigenvalue weighted by atomic mass is 32.2. The molecule has 0 radical (unpaired) electrons. The van der Waals surface area contributed by atoms with Crippen molar-refractivity contribution in [2.75, 3.05) is 0 Å². The van der Waals surface area contributed by atoms with Gasteiger partial charge in [0.15, 0.2) is 0 Å². The van der Waals surface area contributed by atoms with E-state index in [2.05, 4.69) is 8.37 Å². The summed E-state index contributed by atoms with van der Waals surface area (Å²) in [5.74, 6) is -3.73. The van der Waals surface area contributed by atoms with E-state index in [4.69, 9.17) is 0 Å². The summed E-state index contributed by atoms with van der Waals surface area (Å²) in [6, 6.07) is 5.31. The first-order chi connectivity index (χ1) is 13.4. The molecule has 0 atom stereocenters. The fourth-order valence-corrected chi connectivity index (χ4v) is 2.67. The molecule has 2 rings (SSSR count). The molecule has 0 saturated heterocycles. The molecule has 164 valence electrons. The Bertz CT molecular complexity index is 1130. The van der Waals surface area contributed by atoms with Gasteiger partial charge >= 0.3 is 43.2 Å². The van der Waals surface area contributed by atoms with Gasteiger partial charge in [-0.2, -0.15) is 43.2 Å². The highest BCUT2D eigenvalue weighted by molar-refractivity contribution is 7.88. The van der Waals surface area contributed by atoms with Crippen molar-refractivity contribution >= 4 is 42.9 Å². The molecule has 2 aromatic carbocycles. The lowest BCUT2D eigenvalue weighted by Crippen LogP contribution is -2.28. The van der Waals surface area contributed by atoms with E-state index in [1.807, 2.05) is 0 Å². The molecule has 0 unspecified atom stereocenters. The summed E-state index contributed by atoms with van der Waals surface area (Å²) >= 11 is 0. The van der Waals surface area contributed by atoms with Crippen molar-refractivity contribution in [3.63, 3.8) is 0 Å². The molecule has 0 bridgehead atoms. The zero-order chi connectivity index (χ0) is 23.1. The van der Waals surface area contributed by atoms with Crippen molar-refractivity contribution in [3.05, 3.63) is 47.5 Å². The van der Waals surface area contributed by atoms with Crippen LogP contribution in [0, 0.1) is 0 Å². The molecule has 0 aromatic heterocycles. The third-order valence-electron chi connectivity index (χ3n) is 3.25. The number of benzene rings is 2. The van der Waals surface area contributed by atoms with Gasteiger partial charge in [-0.25, -0.2) is 9.59 Å². The fraction of sp³-hybridized carbons (Fsp3) is 0.143. The molecule has 16 heteroatoms.